The largest absolute Gasteiger partial charge is 0.325 e. The number of benzene rings is 2. The average molecular weight is 473 g/mol. The number of allylic oxidation sites excluding steroid dienone is 1. The van der Waals surface area contributed by atoms with Crippen molar-refractivity contribution in [3.05, 3.63) is 77.6 Å². The zero-order valence-electron chi connectivity index (χ0n) is 17.5. The summed E-state index contributed by atoms with van der Waals surface area (Å²) in [4.78, 5) is 14.1. The van der Waals surface area contributed by atoms with E-state index in [1.54, 1.807) is 17.8 Å². The molecule has 1 unspecified atom stereocenters. The molecule has 0 bridgehead atoms. The van der Waals surface area contributed by atoms with Gasteiger partial charge in [0.1, 0.15) is 5.82 Å². The number of thioether (sulfide) groups is 2. The summed E-state index contributed by atoms with van der Waals surface area (Å²) in [5.41, 5.74) is 1.69. The molecule has 0 spiro atoms. The number of aromatic nitrogens is 3. The number of halogens is 1. The fourth-order valence-electron chi connectivity index (χ4n) is 2.88. The summed E-state index contributed by atoms with van der Waals surface area (Å²) in [6, 6.07) is 15.7. The molecule has 1 aromatic heterocycles. The van der Waals surface area contributed by atoms with E-state index in [9.17, 15) is 4.79 Å². The predicted octanol–water partition coefficient (Wildman–Crippen LogP) is 6.23. The maximum atomic E-state index is 12.9. The third-order valence-electron chi connectivity index (χ3n) is 4.58. The summed E-state index contributed by atoms with van der Waals surface area (Å²) in [5.74, 6) is 1.47. The van der Waals surface area contributed by atoms with Gasteiger partial charge in [-0.25, -0.2) is 0 Å². The normalized spacial score (nSPS) is 11.8. The zero-order valence-corrected chi connectivity index (χ0v) is 19.9. The van der Waals surface area contributed by atoms with E-state index in [0.717, 1.165) is 17.1 Å². The molecule has 0 fully saturated rings. The number of aryl methyl sites for hydroxylation is 1. The van der Waals surface area contributed by atoms with Crippen LogP contribution < -0.4 is 5.32 Å². The van der Waals surface area contributed by atoms with Crippen LogP contribution >= 0.6 is 35.1 Å². The van der Waals surface area contributed by atoms with Crippen LogP contribution in [-0.2, 0) is 17.1 Å². The minimum Gasteiger partial charge on any atom is -0.325 e. The highest BCUT2D eigenvalue weighted by Gasteiger charge is 2.23. The minimum absolute atomic E-state index is 0.0776. The molecule has 8 heteroatoms. The molecule has 2 aromatic carbocycles. The average Bonchev–Trinajstić information content (AvgIpc) is 3.15. The highest BCUT2D eigenvalue weighted by Crippen LogP contribution is 2.29. The number of rotatable bonds is 10. The molecule has 3 rings (SSSR count). The molecule has 162 valence electrons. The lowest BCUT2D eigenvalue weighted by molar-refractivity contribution is -0.115. The van der Waals surface area contributed by atoms with Crippen molar-refractivity contribution in [3.63, 3.8) is 0 Å². The van der Waals surface area contributed by atoms with Crippen LogP contribution in [0.25, 0.3) is 0 Å². The standard InChI is InChI=1S/C23H25ClN4OS2/c1-4-13-28-21(15-30-18-9-7-6-8-10-18)26-27-23(28)31-20(5-2)22(29)25-19-14-17(24)12-11-16(19)3/h4,6-12,14,20H,1,5,13,15H2,2-3H3,(H,25,29). The molecule has 0 saturated carbocycles. The molecule has 0 aliphatic rings. The Morgan fingerprint density at radius 2 is 2.03 bits per heavy atom. The summed E-state index contributed by atoms with van der Waals surface area (Å²) in [6.45, 7) is 8.38. The van der Waals surface area contributed by atoms with Crippen LogP contribution in [0.2, 0.25) is 5.02 Å². The van der Waals surface area contributed by atoms with Crippen LogP contribution in [0.15, 0.2) is 71.2 Å². The van der Waals surface area contributed by atoms with Gasteiger partial charge in [-0.2, -0.15) is 0 Å². The van der Waals surface area contributed by atoms with Gasteiger partial charge < -0.3 is 9.88 Å². The topological polar surface area (TPSA) is 59.8 Å². The fourth-order valence-corrected chi connectivity index (χ4v) is 4.89. The summed E-state index contributed by atoms with van der Waals surface area (Å²) < 4.78 is 2.02. The lowest BCUT2D eigenvalue weighted by Gasteiger charge is -2.16. The predicted molar refractivity (Wildman–Crippen MR) is 131 cm³/mol. The van der Waals surface area contributed by atoms with Gasteiger partial charge in [-0.15, -0.1) is 28.5 Å². The van der Waals surface area contributed by atoms with Crippen molar-refractivity contribution < 1.29 is 4.79 Å². The summed E-state index contributed by atoms with van der Waals surface area (Å²) in [6.07, 6.45) is 2.48. The number of amides is 1. The van der Waals surface area contributed by atoms with E-state index in [-0.39, 0.29) is 11.2 Å². The van der Waals surface area contributed by atoms with E-state index >= 15 is 0 Å². The second kappa shape index (κ2) is 11.4. The Hall–Kier alpha value is -2.22. The summed E-state index contributed by atoms with van der Waals surface area (Å²) in [7, 11) is 0. The maximum Gasteiger partial charge on any atom is 0.237 e. The quantitative estimate of drug-likeness (QED) is 0.280. The molecule has 1 atom stereocenters. The van der Waals surface area contributed by atoms with Crippen molar-refractivity contribution in [2.45, 2.75) is 47.9 Å². The number of hydrogen-bond acceptors (Lipinski definition) is 5. The van der Waals surface area contributed by atoms with Gasteiger partial charge in [-0.3, -0.25) is 4.79 Å². The molecule has 1 N–H and O–H groups in total. The van der Waals surface area contributed by atoms with Crippen LogP contribution in [0, 0.1) is 6.92 Å². The molecule has 5 nitrogen and oxygen atoms in total. The van der Waals surface area contributed by atoms with E-state index in [2.05, 4.69) is 34.2 Å². The molecule has 1 amide bonds. The molecule has 0 radical (unpaired) electrons. The monoisotopic (exact) mass is 472 g/mol. The van der Waals surface area contributed by atoms with Crippen LogP contribution in [0.4, 0.5) is 5.69 Å². The second-order valence-corrected chi connectivity index (χ2v) is 9.52. The molecule has 3 aromatic rings. The lowest BCUT2D eigenvalue weighted by atomic mass is 10.2. The zero-order chi connectivity index (χ0) is 22.2. The van der Waals surface area contributed by atoms with Gasteiger partial charge in [0.15, 0.2) is 5.16 Å². The van der Waals surface area contributed by atoms with Gasteiger partial charge >= 0.3 is 0 Å². The first-order chi connectivity index (χ1) is 15.0. The number of nitrogens with zero attached hydrogens (tertiary/aromatic N) is 3. The van der Waals surface area contributed by atoms with Gasteiger partial charge in [0.2, 0.25) is 5.91 Å². The lowest BCUT2D eigenvalue weighted by Crippen LogP contribution is -2.25. The van der Waals surface area contributed by atoms with Crippen molar-refractivity contribution in [1.29, 1.82) is 0 Å². The Labute approximate surface area is 196 Å². The van der Waals surface area contributed by atoms with Crippen molar-refractivity contribution in [1.82, 2.24) is 14.8 Å². The van der Waals surface area contributed by atoms with E-state index in [1.165, 1.54) is 16.7 Å². The first-order valence-electron chi connectivity index (χ1n) is 9.96. The molecule has 0 aliphatic heterocycles. The van der Waals surface area contributed by atoms with Gasteiger partial charge in [-0.05, 0) is 43.2 Å². The maximum absolute atomic E-state index is 12.9. The SMILES string of the molecule is C=CCn1c(CSc2ccccc2)nnc1SC(CC)C(=O)Nc1cc(Cl)ccc1C. The van der Waals surface area contributed by atoms with E-state index in [4.69, 9.17) is 11.6 Å². The van der Waals surface area contributed by atoms with Crippen molar-refractivity contribution in [2.24, 2.45) is 0 Å². The van der Waals surface area contributed by atoms with Gasteiger partial charge in [-0.1, -0.05) is 60.6 Å². The molecule has 0 saturated heterocycles. The van der Waals surface area contributed by atoms with Crippen LogP contribution in [0.3, 0.4) is 0 Å². The van der Waals surface area contributed by atoms with E-state index in [0.29, 0.717) is 28.9 Å². The number of nitrogens with one attached hydrogen (secondary N) is 1. The van der Waals surface area contributed by atoms with Gasteiger partial charge in [0.05, 0.1) is 11.0 Å². The van der Waals surface area contributed by atoms with E-state index in [1.807, 2.05) is 54.8 Å². The fraction of sp³-hybridized carbons (Fsp3) is 0.261. The first kappa shape index (κ1) is 23.4. The number of carbonyl (C=O) groups is 1. The third-order valence-corrected chi connectivity index (χ3v) is 7.17. The van der Waals surface area contributed by atoms with Crippen molar-refractivity contribution >= 4 is 46.7 Å². The highest BCUT2D eigenvalue weighted by atomic mass is 35.5. The first-order valence-corrected chi connectivity index (χ1v) is 12.2. The van der Waals surface area contributed by atoms with Gasteiger partial charge in [0.25, 0.3) is 0 Å². The Kier molecular flexibility index (Phi) is 8.63. The molecule has 1 heterocycles. The molecule has 31 heavy (non-hydrogen) atoms. The Bertz CT molecular complexity index is 1040. The smallest absolute Gasteiger partial charge is 0.237 e. The van der Waals surface area contributed by atoms with Crippen LogP contribution in [0.5, 0.6) is 0 Å². The van der Waals surface area contributed by atoms with Crippen molar-refractivity contribution in [3.8, 4) is 0 Å². The number of anilines is 1. The molecular weight excluding hydrogens is 448 g/mol. The third kappa shape index (κ3) is 6.38. The Morgan fingerprint density at radius 1 is 1.26 bits per heavy atom. The molecular formula is C23H25ClN4OS2. The molecule has 0 aliphatic carbocycles. The van der Waals surface area contributed by atoms with E-state index < -0.39 is 0 Å². The summed E-state index contributed by atoms with van der Waals surface area (Å²) >= 11 is 9.21. The highest BCUT2D eigenvalue weighted by molar-refractivity contribution is 8.00. The number of carbonyl (C=O) groups excluding carboxylic acids is 1. The second-order valence-electron chi connectivity index (χ2n) is 6.86. The number of hydrogen-bond donors (Lipinski definition) is 1. The Morgan fingerprint density at radius 3 is 2.74 bits per heavy atom. The van der Waals surface area contributed by atoms with Crippen LogP contribution in [-0.4, -0.2) is 25.9 Å². The van der Waals surface area contributed by atoms with Gasteiger partial charge in [0, 0.05) is 22.2 Å². The van der Waals surface area contributed by atoms with Crippen molar-refractivity contribution in [2.75, 3.05) is 5.32 Å². The summed E-state index contributed by atoms with van der Waals surface area (Å²) in [5, 5.41) is 12.8. The minimum atomic E-state index is -0.305. The van der Waals surface area contributed by atoms with Crippen LogP contribution in [0.1, 0.15) is 24.7 Å². The Balaban J connectivity index is 1.73.